The molecule has 0 radical (unpaired) electrons. The Labute approximate surface area is 90.6 Å². The van der Waals surface area contributed by atoms with Gasteiger partial charge < -0.3 is 10.1 Å². The molecule has 0 bridgehead atoms. The summed E-state index contributed by atoms with van der Waals surface area (Å²) in [4.78, 5) is 0. The number of benzene rings is 1. The van der Waals surface area contributed by atoms with Gasteiger partial charge in [-0.25, -0.2) is 4.39 Å². The molecular weight excluding hydrogens is 249 g/mol. The molecule has 1 heterocycles. The second-order valence-corrected chi connectivity index (χ2v) is 4.10. The monoisotopic (exact) mass is 259 g/mol. The van der Waals surface area contributed by atoms with Crippen LogP contribution in [0.2, 0.25) is 0 Å². The normalized spacial score (nSPS) is 22.3. The maximum atomic E-state index is 12.8. The first-order valence-electron chi connectivity index (χ1n) is 4.53. The summed E-state index contributed by atoms with van der Waals surface area (Å²) in [6.07, 6.45) is 0. The standard InChI is InChI=1S/C10H11BrFNO/c11-9-5-7(12)1-2-8(9)10-6-14-4-3-13-10/h1-2,5,10,13H,3-4,6H2/t10-/m1/s1. The number of morpholine rings is 1. The molecule has 0 aliphatic carbocycles. The molecule has 2 nitrogen and oxygen atoms in total. The van der Waals surface area contributed by atoms with Crippen LogP contribution in [-0.2, 0) is 4.74 Å². The van der Waals surface area contributed by atoms with Gasteiger partial charge in [0.15, 0.2) is 0 Å². The van der Waals surface area contributed by atoms with Crippen molar-refractivity contribution in [1.29, 1.82) is 0 Å². The maximum absolute atomic E-state index is 12.8. The third-order valence-electron chi connectivity index (χ3n) is 2.26. The minimum Gasteiger partial charge on any atom is -0.378 e. The Morgan fingerprint density at radius 2 is 2.36 bits per heavy atom. The number of hydrogen-bond donors (Lipinski definition) is 1. The molecule has 1 N–H and O–H groups in total. The van der Waals surface area contributed by atoms with E-state index in [1.165, 1.54) is 12.1 Å². The van der Waals surface area contributed by atoms with Crippen molar-refractivity contribution in [3.8, 4) is 0 Å². The molecule has 14 heavy (non-hydrogen) atoms. The summed E-state index contributed by atoms with van der Waals surface area (Å²) in [5.41, 5.74) is 1.05. The summed E-state index contributed by atoms with van der Waals surface area (Å²) >= 11 is 3.35. The fourth-order valence-electron chi connectivity index (χ4n) is 1.55. The fraction of sp³-hybridized carbons (Fsp3) is 0.400. The molecule has 1 atom stereocenters. The van der Waals surface area contributed by atoms with E-state index in [9.17, 15) is 4.39 Å². The van der Waals surface area contributed by atoms with Crippen molar-refractivity contribution < 1.29 is 9.13 Å². The van der Waals surface area contributed by atoms with Crippen molar-refractivity contribution in [1.82, 2.24) is 5.32 Å². The van der Waals surface area contributed by atoms with Crippen LogP contribution in [0.4, 0.5) is 4.39 Å². The van der Waals surface area contributed by atoms with E-state index in [0.717, 1.165) is 23.2 Å². The topological polar surface area (TPSA) is 21.3 Å². The van der Waals surface area contributed by atoms with Gasteiger partial charge in [-0.2, -0.15) is 0 Å². The first-order valence-corrected chi connectivity index (χ1v) is 5.33. The van der Waals surface area contributed by atoms with E-state index < -0.39 is 0 Å². The lowest BCUT2D eigenvalue weighted by Crippen LogP contribution is -2.34. The van der Waals surface area contributed by atoms with Crippen LogP contribution in [-0.4, -0.2) is 19.8 Å². The lowest BCUT2D eigenvalue weighted by atomic mass is 10.1. The maximum Gasteiger partial charge on any atom is 0.124 e. The highest BCUT2D eigenvalue weighted by Gasteiger charge is 2.17. The van der Waals surface area contributed by atoms with Crippen LogP contribution in [0.5, 0.6) is 0 Å². The van der Waals surface area contributed by atoms with Gasteiger partial charge in [-0.15, -0.1) is 0 Å². The summed E-state index contributed by atoms with van der Waals surface area (Å²) in [6.45, 7) is 2.23. The smallest absolute Gasteiger partial charge is 0.124 e. The van der Waals surface area contributed by atoms with Crippen molar-refractivity contribution in [3.05, 3.63) is 34.1 Å². The second-order valence-electron chi connectivity index (χ2n) is 3.25. The zero-order valence-electron chi connectivity index (χ0n) is 7.59. The molecule has 1 fully saturated rings. The first-order chi connectivity index (χ1) is 6.77. The zero-order chi connectivity index (χ0) is 9.97. The Kier molecular flexibility index (Phi) is 3.15. The Bertz CT molecular complexity index is 326. The van der Waals surface area contributed by atoms with Gasteiger partial charge in [0.2, 0.25) is 0 Å². The molecule has 4 heteroatoms. The SMILES string of the molecule is Fc1ccc([C@H]2COCCN2)c(Br)c1. The quantitative estimate of drug-likeness (QED) is 0.836. The molecule has 1 aliphatic heterocycles. The number of nitrogens with one attached hydrogen (secondary N) is 1. The molecule has 2 rings (SSSR count). The Hall–Kier alpha value is -0.450. The lowest BCUT2D eigenvalue weighted by molar-refractivity contribution is 0.0766. The summed E-state index contributed by atoms with van der Waals surface area (Å²) in [5.74, 6) is -0.225. The van der Waals surface area contributed by atoms with Gasteiger partial charge in [0, 0.05) is 11.0 Å². The molecule has 76 valence electrons. The molecule has 0 aromatic heterocycles. The van der Waals surface area contributed by atoms with Crippen molar-refractivity contribution in [2.45, 2.75) is 6.04 Å². The number of rotatable bonds is 1. The van der Waals surface area contributed by atoms with Gasteiger partial charge in [0.25, 0.3) is 0 Å². The lowest BCUT2D eigenvalue weighted by Gasteiger charge is -2.24. The average Bonchev–Trinajstić information content (AvgIpc) is 2.19. The van der Waals surface area contributed by atoms with E-state index in [2.05, 4.69) is 21.2 Å². The molecule has 1 aromatic carbocycles. The summed E-state index contributed by atoms with van der Waals surface area (Å²) < 4.78 is 19.0. The van der Waals surface area contributed by atoms with Gasteiger partial charge in [-0.05, 0) is 17.7 Å². The van der Waals surface area contributed by atoms with E-state index in [1.54, 1.807) is 6.07 Å². The molecule has 0 unspecified atom stereocenters. The molecule has 0 spiro atoms. The summed E-state index contributed by atoms with van der Waals surface area (Å²) in [7, 11) is 0. The largest absolute Gasteiger partial charge is 0.378 e. The number of hydrogen-bond acceptors (Lipinski definition) is 2. The third kappa shape index (κ3) is 2.13. The van der Waals surface area contributed by atoms with Gasteiger partial charge >= 0.3 is 0 Å². The predicted molar refractivity (Wildman–Crippen MR) is 55.7 cm³/mol. The van der Waals surface area contributed by atoms with E-state index in [0.29, 0.717) is 6.61 Å². The molecule has 1 saturated heterocycles. The van der Waals surface area contributed by atoms with Gasteiger partial charge in [0.05, 0.1) is 19.3 Å². The highest BCUT2D eigenvalue weighted by Crippen LogP contribution is 2.25. The fourth-order valence-corrected chi connectivity index (χ4v) is 2.18. The Morgan fingerprint density at radius 3 is 3.00 bits per heavy atom. The zero-order valence-corrected chi connectivity index (χ0v) is 9.18. The molecule has 0 amide bonds. The van der Waals surface area contributed by atoms with Gasteiger partial charge in [0.1, 0.15) is 5.82 Å². The minimum atomic E-state index is -0.225. The Balaban J connectivity index is 2.22. The second kappa shape index (κ2) is 4.38. The molecule has 1 aliphatic rings. The van der Waals surface area contributed by atoms with Gasteiger partial charge in [-0.3, -0.25) is 0 Å². The minimum absolute atomic E-state index is 0.165. The highest BCUT2D eigenvalue weighted by molar-refractivity contribution is 9.10. The number of halogens is 2. The van der Waals surface area contributed by atoms with Crippen LogP contribution in [0.15, 0.2) is 22.7 Å². The average molecular weight is 260 g/mol. The first kappa shape index (κ1) is 10.1. The van der Waals surface area contributed by atoms with Crippen LogP contribution in [0, 0.1) is 5.82 Å². The van der Waals surface area contributed by atoms with Crippen LogP contribution >= 0.6 is 15.9 Å². The van der Waals surface area contributed by atoms with Crippen LogP contribution < -0.4 is 5.32 Å². The van der Waals surface area contributed by atoms with Crippen molar-refractivity contribution in [3.63, 3.8) is 0 Å². The number of ether oxygens (including phenoxy) is 1. The highest BCUT2D eigenvalue weighted by atomic mass is 79.9. The Morgan fingerprint density at radius 1 is 1.50 bits per heavy atom. The van der Waals surface area contributed by atoms with E-state index >= 15 is 0 Å². The molecule has 1 aromatic rings. The summed E-state index contributed by atoms with van der Waals surface area (Å²) in [6, 6.07) is 4.90. The van der Waals surface area contributed by atoms with Crippen LogP contribution in [0.3, 0.4) is 0 Å². The molecule has 0 saturated carbocycles. The van der Waals surface area contributed by atoms with Gasteiger partial charge in [-0.1, -0.05) is 22.0 Å². The van der Waals surface area contributed by atoms with Crippen molar-refractivity contribution >= 4 is 15.9 Å². The van der Waals surface area contributed by atoms with E-state index in [4.69, 9.17) is 4.74 Å². The van der Waals surface area contributed by atoms with Crippen molar-refractivity contribution in [2.75, 3.05) is 19.8 Å². The molecular formula is C10H11BrFNO. The van der Waals surface area contributed by atoms with E-state index in [-0.39, 0.29) is 11.9 Å². The van der Waals surface area contributed by atoms with E-state index in [1.807, 2.05) is 0 Å². The third-order valence-corrected chi connectivity index (χ3v) is 2.95. The summed E-state index contributed by atoms with van der Waals surface area (Å²) in [5, 5.41) is 3.32. The van der Waals surface area contributed by atoms with Crippen molar-refractivity contribution in [2.24, 2.45) is 0 Å². The predicted octanol–water partition coefficient (Wildman–Crippen LogP) is 2.25. The van der Waals surface area contributed by atoms with Crippen LogP contribution in [0.25, 0.3) is 0 Å². The van der Waals surface area contributed by atoms with Crippen LogP contribution in [0.1, 0.15) is 11.6 Å².